The highest BCUT2D eigenvalue weighted by atomic mass is 16.4. The summed E-state index contributed by atoms with van der Waals surface area (Å²) in [7, 11) is 0. The second-order valence-corrected chi connectivity index (χ2v) is 7.59. The maximum absolute atomic E-state index is 13.4. The van der Waals surface area contributed by atoms with Gasteiger partial charge in [0.1, 0.15) is 11.5 Å². The highest BCUT2D eigenvalue weighted by Crippen LogP contribution is 2.39. The molecule has 0 saturated carbocycles. The monoisotopic (exact) mass is 438 g/mol. The fraction of sp³-hybridized carbons (Fsp3) is 0.292. The molecule has 2 aromatic heterocycles. The molecule has 0 radical (unpaired) electrons. The second-order valence-electron chi connectivity index (χ2n) is 7.59. The van der Waals surface area contributed by atoms with Crippen LogP contribution in [0.2, 0.25) is 0 Å². The van der Waals surface area contributed by atoms with Crippen LogP contribution in [0.25, 0.3) is 0 Å². The number of hydrogen-bond donors (Lipinski definition) is 3. The van der Waals surface area contributed by atoms with Crippen molar-refractivity contribution in [2.24, 2.45) is 0 Å². The zero-order valence-corrected chi connectivity index (χ0v) is 18.4. The molecule has 3 aromatic rings. The summed E-state index contributed by atoms with van der Waals surface area (Å²) in [5, 5.41) is 31.4. The molecule has 0 unspecified atom stereocenters. The molecular weight excluding hydrogens is 412 g/mol. The topological polar surface area (TPSA) is 122 Å². The van der Waals surface area contributed by atoms with E-state index in [0.717, 1.165) is 0 Å². The molecule has 0 amide bonds. The molecule has 0 saturated heterocycles. The summed E-state index contributed by atoms with van der Waals surface area (Å²) in [4.78, 5) is 38.8. The fourth-order valence-electron chi connectivity index (χ4n) is 4.26. The van der Waals surface area contributed by atoms with Gasteiger partial charge in [0.2, 0.25) is 0 Å². The Morgan fingerprint density at radius 1 is 0.875 bits per heavy atom. The van der Waals surface area contributed by atoms with Crippen LogP contribution in [0.1, 0.15) is 58.2 Å². The lowest BCUT2D eigenvalue weighted by atomic mass is 9.82. The van der Waals surface area contributed by atoms with Gasteiger partial charge in [0, 0.05) is 24.5 Å². The molecule has 3 N–H and O–H groups in total. The number of aromatic hydroxyl groups is 2. The van der Waals surface area contributed by atoms with E-state index in [1.807, 2.05) is 0 Å². The minimum Gasteiger partial charge on any atom is -0.507 e. The first-order chi connectivity index (χ1) is 15.1. The van der Waals surface area contributed by atoms with Gasteiger partial charge in [-0.15, -0.1) is 0 Å². The third kappa shape index (κ3) is 3.68. The Hall–Kier alpha value is -3.81. The zero-order valence-electron chi connectivity index (χ0n) is 18.4. The van der Waals surface area contributed by atoms with Crippen LogP contribution in [0.3, 0.4) is 0 Å². The maximum atomic E-state index is 13.4. The average molecular weight is 438 g/mol. The van der Waals surface area contributed by atoms with Crippen LogP contribution in [0.4, 0.5) is 0 Å². The molecule has 168 valence electrons. The number of benzene rings is 1. The van der Waals surface area contributed by atoms with Crippen LogP contribution >= 0.6 is 0 Å². The van der Waals surface area contributed by atoms with Crippen molar-refractivity contribution in [2.45, 2.75) is 46.7 Å². The van der Waals surface area contributed by atoms with Crippen molar-refractivity contribution < 1.29 is 20.1 Å². The van der Waals surface area contributed by atoms with Gasteiger partial charge in [0.15, 0.2) is 0 Å². The molecule has 0 aliphatic rings. The number of carboxylic acid groups (broad SMARTS) is 1. The van der Waals surface area contributed by atoms with Crippen LogP contribution in [0, 0.1) is 13.8 Å². The van der Waals surface area contributed by atoms with Crippen LogP contribution in [0.15, 0.2) is 46.0 Å². The molecule has 8 nitrogen and oxygen atoms in total. The summed E-state index contributed by atoms with van der Waals surface area (Å²) in [5.74, 6) is -3.29. The Labute approximate surface area is 184 Å². The van der Waals surface area contributed by atoms with E-state index < -0.39 is 23.0 Å². The Morgan fingerprint density at radius 3 is 1.72 bits per heavy atom. The summed E-state index contributed by atoms with van der Waals surface area (Å²) in [6, 6.07) is 8.76. The molecule has 0 bridgehead atoms. The Balaban J connectivity index is 2.56. The minimum absolute atomic E-state index is 0.123. The first-order valence-electron chi connectivity index (χ1n) is 10.3. The van der Waals surface area contributed by atoms with Gasteiger partial charge in [-0.3, -0.25) is 9.59 Å². The largest absolute Gasteiger partial charge is 0.507 e. The predicted molar refractivity (Wildman–Crippen MR) is 120 cm³/mol. The number of aromatic nitrogens is 2. The van der Waals surface area contributed by atoms with Gasteiger partial charge in [0.25, 0.3) is 11.1 Å². The number of pyridine rings is 2. The van der Waals surface area contributed by atoms with Gasteiger partial charge in [0.05, 0.1) is 22.6 Å². The standard InChI is InChI=1S/C24H26N2O6/c1-5-25-13(3)11-17(27)20(22(25)29)19(15-9-7-8-10-16(15)24(31)32)21-18(28)12-14(4)26(6-2)23(21)30/h7-12,19,27-28H,5-6H2,1-4H3,(H,31,32). The van der Waals surface area contributed by atoms with Gasteiger partial charge in [-0.1, -0.05) is 18.2 Å². The number of hydrogen-bond acceptors (Lipinski definition) is 5. The summed E-state index contributed by atoms with van der Waals surface area (Å²) in [5.41, 5.74) is -0.420. The molecular formula is C24H26N2O6. The van der Waals surface area contributed by atoms with Gasteiger partial charge in [-0.25, -0.2) is 4.79 Å². The number of carbonyl (C=O) groups is 1. The molecule has 0 atom stereocenters. The summed E-state index contributed by atoms with van der Waals surface area (Å²) in [6.07, 6.45) is 0. The van der Waals surface area contributed by atoms with Gasteiger partial charge >= 0.3 is 5.97 Å². The van der Waals surface area contributed by atoms with Crippen molar-refractivity contribution in [1.29, 1.82) is 0 Å². The van der Waals surface area contributed by atoms with Crippen molar-refractivity contribution in [3.05, 3.63) is 90.7 Å². The van der Waals surface area contributed by atoms with Crippen molar-refractivity contribution in [3.8, 4) is 11.5 Å². The van der Waals surface area contributed by atoms with E-state index in [4.69, 9.17) is 0 Å². The summed E-state index contributed by atoms with van der Waals surface area (Å²) >= 11 is 0. The van der Waals surface area contributed by atoms with E-state index in [9.17, 15) is 29.7 Å². The normalized spacial score (nSPS) is 11.2. The highest BCUT2D eigenvalue weighted by Gasteiger charge is 2.33. The molecule has 32 heavy (non-hydrogen) atoms. The van der Waals surface area contributed by atoms with Crippen LogP contribution in [-0.2, 0) is 13.1 Å². The Morgan fingerprint density at radius 2 is 1.31 bits per heavy atom. The lowest BCUT2D eigenvalue weighted by Gasteiger charge is -2.24. The smallest absolute Gasteiger partial charge is 0.335 e. The molecule has 0 aliphatic carbocycles. The van der Waals surface area contributed by atoms with Crippen LogP contribution in [-0.4, -0.2) is 30.4 Å². The van der Waals surface area contributed by atoms with E-state index in [2.05, 4.69) is 0 Å². The Bertz CT molecular complexity index is 1250. The Kier molecular flexibility index (Phi) is 6.25. The van der Waals surface area contributed by atoms with Gasteiger partial charge < -0.3 is 24.5 Å². The minimum atomic E-state index is -1.29. The molecule has 0 spiro atoms. The van der Waals surface area contributed by atoms with E-state index in [1.165, 1.54) is 39.5 Å². The first kappa shape index (κ1) is 22.9. The van der Waals surface area contributed by atoms with E-state index in [0.29, 0.717) is 24.5 Å². The van der Waals surface area contributed by atoms with E-state index in [-0.39, 0.29) is 33.8 Å². The quantitative estimate of drug-likeness (QED) is 0.544. The van der Waals surface area contributed by atoms with E-state index in [1.54, 1.807) is 33.8 Å². The highest BCUT2D eigenvalue weighted by molar-refractivity contribution is 5.90. The molecule has 2 heterocycles. The van der Waals surface area contributed by atoms with Crippen molar-refractivity contribution in [2.75, 3.05) is 0 Å². The summed E-state index contributed by atoms with van der Waals surface area (Å²) < 4.78 is 2.85. The van der Waals surface area contributed by atoms with Gasteiger partial charge in [-0.2, -0.15) is 0 Å². The number of rotatable bonds is 6. The predicted octanol–water partition coefficient (Wildman–Crippen LogP) is 2.96. The van der Waals surface area contributed by atoms with Gasteiger partial charge in [-0.05, 0) is 51.5 Å². The molecule has 0 aliphatic heterocycles. The number of nitrogens with zero attached hydrogens (tertiary/aromatic N) is 2. The molecule has 1 aromatic carbocycles. The summed E-state index contributed by atoms with van der Waals surface area (Å²) in [6.45, 7) is 7.49. The van der Waals surface area contributed by atoms with Crippen molar-refractivity contribution >= 4 is 5.97 Å². The second kappa shape index (κ2) is 8.74. The zero-order chi connectivity index (χ0) is 23.7. The number of aryl methyl sites for hydroxylation is 2. The fourth-order valence-corrected chi connectivity index (χ4v) is 4.26. The SMILES string of the molecule is CCn1c(C)cc(O)c(C(c2ccccc2C(=O)O)c2c(O)cc(C)n(CC)c2=O)c1=O. The first-order valence-corrected chi connectivity index (χ1v) is 10.3. The molecule has 8 heteroatoms. The number of aromatic carboxylic acids is 1. The third-order valence-electron chi connectivity index (χ3n) is 5.76. The van der Waals surface area contributed by atoms with Crippen molar-refractivity contribution in [3.63, 3.8) is 0 Å². The lowest BCUT2D eigenvalue weighted by molar-refractivity contribution is 0.0695. The van der Waals surface area contributed by atoms with Crippen molar-refractivity contribution in [1.82, 2.24) is 9.13 Å². The average Bonchev–Trinajstić information content (AvgIpc) is 2.72. The number of carboxylic acids is 1. The van der Waals surface area contributed by atoms with E-state index >= 15 is 0 Å². The lowest BCUT2D eigenvalue weighted by Crippen LogP contribution is -2.32. The molecule has 3 rings (SSSR count). The molecule has 0 fully saturated rings. The third-order valence-corrected chi connectivity index (χ3v) is 5.76. The maximum Gasteiger partial charge on any atom is 0.335 e. The van der Waals surface area contributed by atoms with Crippen LogP contribution in [0.5, 0.6) is 11.5 Å². The van der Waals surface area contributed by atoms with Crippen LogP contribution < -0.4 is 11.1 Å².